The third-order valence-electron chi connectivity index (χ3n) is 3.76. The van der Waals surface area contributed by atoms with Crippen LogP contribution in [0.1, 0.15) is 15.9 Å². The Hall–Kier alpha value is -3.79. The number of carbonyl (C=O) groups excluding carboxylic acids is 1. The first kappa shape index (κ1) is 20.0. The molecule has 1 heterocycles. The zero-order chi connectivity index (χ0) is 20.8. The fourth-order valence-corrected chi connectivity index (χ4v) is 2.57. The number of hydrazine groups is 1. The smallest absolute Gasteiger partial charge is 0.354 e. The lowest BCUT2D eigenvalue weighted by molar-refractivity contribution is -0.383. The summed E-state index contributed by atoms with van der Waals surface area (Å²) in [6, 6.07) is 11.8. The van der Waals surface area contributed by atoms with Crippen molar-refractivity contribution in [3.63, 3.8) is 0 Å². The average molecular weight is 417 g/mol. The summed E-state index contributed by atoms with van der Waals surface area (Å²) < 4.78 is 13.0. The van der Waals surface area contributed by atoms with Gasteiger partial charge in [-0.1, -0.05) is 29.8 Å². The molecule has 0 saturated heterocycles. The van der Waals surface area contributed by atoms with E-state index < -0.39 is 16.5 Å². The van der Waals surface area contributed by atoms with E-state index in [9.17, 15) is 19.3 Å². The molecule has 0 saturated carbocycles. The maximum atomic E-state index is 13.0. The van der Waals surface area contributed by atoms with Crippen LogP contribution in [-0.4, -0.2) is 20.8 Å². The van der Waals surface area contributed by atoms with E-state index in [0.717, 1.165) is 6.33 Å². The highest BCUT2D eigenvalue weighted by Crippen LogP contribution is 2.28. The van der Waals surface area contributed by atoms with E-state index in [-0.39, 0.29) is 29.6 Å². The van der Waals surface area contributed by atoms with Crippen LogP contribution in [-0.2, 0) is 6.54 Å². The highest BCUT2D eigenvalue weighted by atomic mass is 35.5. The van der Waals surface area contributed by atoms with Crippen molar-refractivity contribution in [2.24, 2.45) is 0 Å². The normalized spacial score (nSPS) is 10.3. The van der Waals surface area contributed by atoms with Crippen LogP contribution in [0.3, 0.4) is 0 Å². The van der Waals surface area contributed by atoms with E-state index in [1.54, 1.807) is 24.3 Å². The molecule has 29 heavy (non-hydrogen) atoms. The first-order chi connectivity index (χ1) is 13.9. The van der Waals surface area contributed by atoms with Gasteiger partial charge in [-0.25, -0.2) is 14.4 Å². The minimum absolute atomic E-state index is 0.0613. The Morgan fingerprint density at radius 3 is 2.55 bits per heavy atom. The molecule has 3 rings (SSSR count). The summed E-state index contributed by atoms with van der Waals surface area (Å²) in [4.78, 5) is 30.7. The maximum Gasteiger partial charge on any atom is 0.354 e. The van der Waals surface area contributed by atoms with Gasteiger partial charge in [0.15, 0.2) is 0 Å². The van der Waals surface area contributed by atoms with Gasteiger partial charge in [0.25, 0.3) is 5.91 Å². The SMILES string of the molecule is O=C(NNc1ncnc(NCc2ccc(F)cc2)c1[N+](=O)[O-])c1cccc(Cl)c1. The van der Waals surface area contributed by atoms with Gasteiger partial charge in [0.2, 0.25) is 11.6 Å². The number of benzene rings is 2. The predicted molar refractivity (Wildman–Crippen MR) is 105 cm³/mol. The molecule has 0 radical (unpaired) electrons. The van der Waals surface area contributed by atoms with Gasteiger partial charge in [0.1, 0.15) is 12.1 Å². The van der Waals surface area contributed by atoms with Crippen LogP contribution in [0.5, 0.6) is 0 Å². The second-order valence-corrected chi connectivity index (χ2v) is 6.18. The van der Waals surface area contributed by atoms with Crippen LogP contribution in [0, 0.1) is 15.9 Å². The Morgan fingerprint density at radius 1 is 1.14 bits per heavy atom. The van der Waals surface area contributed by atoms with Crippen LogP contribution in [0.4, 0.5) is 21.7 Å². The number of halogens is 2. The monoisotopic (exact) mass is 416 g/mol. The molecule has 0 aliphatic heterocycles. The molecule has 148 valence electrons. The highest BCUT2D eigenvalue weighted by molar-refractivity contribution is 6.30. The van der Waals surface area contributed by atoms with Crippen LogP contribution in [0.25, 0.3) is 0 Å². The number of aromatic nitrogens is 2. The standard InChI is InChI=1S/C18H14ClFN6O3/c19-13-3-1-2-12(8-13)18(27)25-24-17-15(26(28)29)16(22-10-23-17)21-9-11-4-6-14(20)7-5-11/h1-8,10H,9H2,(H,25,27)(H2,21,22,23,24). The van der Waals surface area contributed by atoms with E-state index in [4.69, 9.17) is 11.6 Å². The molecule has 0 aliphatic carbocycles. The van der Waals surface area contributed by atoms with Gasteiger partial charge in [0, 0.05) is 17.1 Å². The molecule has 0 atom stereocenters. The van der Waals surface area contributed by atoms with Gasteiger partial charge < -0.3 is 5.32 Å². The van der Waals surface area contributed by atoms with Gasteiger partial charge in [-0.15, -0.1) is 0 Å². The molecular weight excluding hydrogens is 403 g/mol. The summed E-state index contributed by atoms with van der Waals surface area (Å²) >= 11 is 5.85. The lowest BCUT2D eigenvalue weighted by Gasteiger charge is -2.11. The van der Waals surface area contributed by atoms with Crippen molar-refractivity contribution in [2.45, 2.75) is 6.54 Å². The van der Waals surface area contributed by atoms with Crippen LogP contribution in [0.15, 0.2) is 54.9 Å². The van der Waals surface area contributed by atoms with Crippen molar-refractivity contribution in [1.29, 1.82) is 0 Å². The van der Waals surface area contributed by atoms with Crippen molar-refractivity contribution in [3.8, 4) is 0 Å². The number of rotatable bonds is 7. The lowest BCUT2D eigenvalue weighted by atomic mass is 10.2. The van der Waals surface area contributed by atoms with E-state index in [1.165, 1.54) is 24.3 Å². The molecule has 0 bridgehead atoms. The van der Waals surface area contributed by atoms with Crippen molar-refractivity contribution in [1.82, 2.24) is 15.4 Å². The Balaban J connectivity index is 1.74. The van der Waals surface area contributed by atoms with Gasteiger partial charge in [-0.05, 0) is 35.9 Å². The predicted octanol–water partition coefficient (Wildman–Crippen LogP) is 3.55. The summed E-state index contributed by atoms with van der Waals surface area (Å²) in [7, 11) is 0. The van der Waals surface area contributed by atoms with Gasteiger partial charge in [0.05, 0.1) is 4.92 Å². The number of nitrogens with one attached hydrogen (secondary N) is 3. The molecule has 1 aromatic heterocycles. The average Bonchev–Trinajstić information content (AvgIpc) is 2.71. The number of nitro groups is 1. The van der Waals surface area contributed by atoms with Crippen LogP contribution < -0.4 is 16.2 Å². The molecule has 2 aromatic carbocycles. The second-order valence-electron chi connectivity index (χ2n) is 5.75. The number of anilines is 2. The molecular formula is C18H14ClFN6O3. The third-order valence-corrected chi connectivity index (χ3v) is 3.99. The molecule has 0 aliphatic rings. The molecule has 1 amide bonds. The van der Waals surface area contributed by atoms with Crippen molar-refractivity contribution < 1.29 is 14.1 Å². The number of nitrogens with zero attached hydrogens (tertiary/aromatic N) is 3. The zero-order valence-electron chi connectivity index (χ0n) is 14.7. The van der Waals surface area contributed by atoms with Crippen LogP contribution >= 0.6 is 11.6 Å². The fraction of sp³-hybridized carbons (Fsp3) is 0.0556. The van der Waals surface area contributed by atoms with E-state index in [2.05, 4.69) is 26.1 Å². The molecule has 9 nitrogen and oxygen atoms in total. The van der Waals surface area contributed by atoms with Gasteiger partial charge in [-0.2, -0.15) is 0 Å². The lowest BCUT2D eigenvalue weighted by Crippen LogP contribution is -2.30. The summed E-state index contributed by atoms with van der Waals surface area (Å²) in [5.74, 6) is -1.21. The summed E-state index contributed by atoms with van der Waals surface area (Å²) in [5.41, 5.74) is 5.27. The molecule has 0 unspecified atom stereocenters. The number of carbonyl (C=O) groups is 1. The minimum atomic E-state index is -0.680. The van der Waals surface area contributed by atoms with Crippen molar-refractivity contribution >= 4 is 34.8 Å². The van der Waals surface area contributed by atoms with Crippen LogP contribution in [0.2, 0.25) is 5.02 Å². The number of amides is 1. The Labute approximate surface area is 169 Å². The Bertz CT molecular complexity index is 1050. The van der Waals surface area contributed by atoms with Gasteiger partial charge >= 0.3 is 5.69 Å². The first-order valence-corrected chi connectivity index (χ1v) is 8.61. The van der Waals surface area contributed by atoms with E-state index >= 15 is 0 Å². The van der Waals surface area contributed by atoms with E-state index in [0.29, 0.717) is 10.6 Å². The summed E-state index contributed by atoms with van der Waals surface area (Å²) in [6.07, 6.45) is 1.11. The fourth-order valence-electron chi connectivity index (χ4n) is 2.38. The van der Waals surface area contributed by atoms with E-state index in [1.807, 2.05) is 0 Å². The quantitative estimate of drug-likeness (QED) is 0.397. The molecule has 3 N–H and O–H groups in total. The van der Waals surface area contributed by atoms with Crippen molar-refractivity contribution in [2.75, 3.05) is 10.7 Å². The van der Waals surface area contributed by atoms with Crippen molar-refractivity contribution in [3.05, 3.63) is 86.9 Å². The Morgan fingerprint density at radius 2 is 1.86 bits per heavy atom. The third kappa shape index (κ3) is 5.14. The first-order valence-electron chi connectivity index (χ1n) is 8.23. The zero-order valence-corrected chi connectivity index (χ0v) is 15.5. The second kappa shape index (κ2) is 8.93. The maximum absolute atomic E-state index is 13.0. The minimum Gasteiger partial charge on any atom is -0.360 e. The number of hydrogen-bond donors (Lipinski definition) is 3. The largest absolute Gasteiger partial charge is 0.360 e. The molecule has 0 spiro atoms. The van der Waals surface area contributed by atoms with Gasteiger partial charge in [-0.3, -0.25) is 25.8 Å². The molecule has 0 fully saturated rings. The number of hydrogen-bond acceptors (Lipinski definition) is 7. The molecule has 3 aromatic rings. The highest BCUT2D eigenvalue weighted by Gasteiger charge is 2.23. The Kier molecular flexibility index (Phi) is 6.15. The summed E-state index contributed by atoms with van der Waals surface area (Å²) in [6.45, 7) is 0.173. The molecule has 11 heteroatoms. The topological polar surface area (TPSA) is 122 Å². The summed E-state index contributed by atoms with van der Waals surface area (Å²) in [5, 5.41) is 14.7.